The molecule has 0 bridgehead atoms. The molecule has 0 radical (unpaired) electrons. The quantitative estimate of drug-likeness (QED) is 0.531. The van der Waals surface area contributed by atoms with E-state index in [2.05, 4.69) is 10.3 Å². The lowest BCUT2D eigenvalue weighted by molar-refractivity contribution is -0.384. The average Bonchev–Trinajstić information content (AvgIpc) is 2.87. The number of nitro benzene ring substituents is 1. The summed E-state index contributed by atoms with van der Waals surface area (Å²) in [4.78, 5) is 37.4. The Morgan fingerprint density at radius 2 is 2.10 bits per heavy atom. The fourth-order valence-electron chi connectivity index (χ4n) is 1.63. The maximum Gasteiger partial charge on any atom is 0.270 e. The molecule has 2 aromatic rings. The molecule has 0 aliphatic carbocycles. The summed E-state index contributed by atoms with van der Waals surface area (Å²) >= 11 is 1.12. The Hall–Kier alpha value is -2.61. The Bertz CT molecular complexity index is 739. The average molecular weight is 305 g/mol. The third kappa shape index (κ3) is 3.29. The van der Waals surface area contributed by atoms with Crippen LogP contribution in [-0.2, 0) is 0 Å². The Morgan fingerprint density at radius 1 is 1.38 bits per heavy atom. The zero-order chi connectivity index (χ0) is 15.6. The number of anilines is 1. The van der Waals surface area contributed by atoms with Crippen LogP contribution in [0.25, 0.3) is 0 Å². The highest BCUT2D eigenvalue weighted by Crippen LogP contribution is 2.20. The summed E-state index contributed by atoms with van der Waals surface area (Å²) in [6.07, 6.45) is 0. The zero-order valence-corrected chi connectivity index (χ0v) is 12.1. The summed E-state index contributed by atoms with van der Waals surface area (Å²) in [5.41, 5.74) is 0.922. The van der Waals surface area contributed by atoms with Gasteiger partial charge in [0, 0.05) is 30.0 Å². The molecule has 0 aliphatic heterocycles. The SMILES string of the molecule is CC(=O)c1csc(NC(=O)c2cc([N+](=O)[O-])ccc2C)n1. The number of carbonyl (C=O) groups is 2. The van der Waals surface area contributed by atoms with Gasteiger partial charge in [-0.15, -0.1) is 11.3 Å². The van der Waals surface area contributed by atoms with E-state index in [9.17, 15) is 19.7 Å². The van der Waals surface area contributed by atoms with Gasteiger partial charge in [-0.2, -0.15) is 0 Å². The van der Waals surface area contributed by atoms with Gasteiger partial charge in [0.25, 0.3) is 11.6 Å². The summed E-state index contributed by atoms with van der Waals surface area (Å²) in [5.74, 6) is -0.695. The third-order valence-electron chi connectivity index (χ3n) is 2.76. The number of ketones is 1. The Morgan fingerprint density at radius 3 is 2.67 bits per heavy atom. The minimum Gasteiger partial charge on any atom is -0.298 e. The van der Waals surface area contributed by atoms with Crippen molar-refractivity contribution in [2.45, 2.75) is 13.8 Å². The van der Waals surface area contributed by atoms with Crippen LogP contribution in [-0.4, -0.2) is 21.6 Å². The van der Waals surface area contributed by atoms with E-state index < -0.39 is 10.8 Å². The predicted molar refractivity (Wildman–Crippen MR) is 77.9 cm³/mol. The molecule has 1 N–H and O–H groups in total. The number of non-ortho nitro benzene ring substituents is 1. The molecule has 8 heteroatoms. The van der Waals surface area contributed by atoms with Gasteiger partial charge >= 0.3 is 0 Å². The topological polar surface area (TPSA) is 102 Å². The molecule has 0 aliphatic rings. The Balaban J connectivity index is 2.25. The number of Topliss-reactive ketones (excluding diaryl/α,β-unsaturated/α-hetero) is 1. The van der Waals surface area contributed by atoms with Crippen molar-refractivity contribution in [3.8, 4) is 0 Å². The van der Waals surface area contributed by atoms with Gasteiger partial charge in [0.15, 0.2) is 10.9 Å². The van der Waals surface area contributed by atoms with Crippen LogP contribution in [0.4, 0.5) is 10.8 Å². The van der Waals surface area contributed by atoms with Gasteiger partial charge in [-0.3, -0.25) is 25.0 Å². The van der Waals surface area contributed by atoms with E-state index in [1.165, 1.54) is 30.5 Å². The van der Waals surface area contributed by atoms with Crippen LogP contribution in [0.5, 0.6) is 0 Å². The molecule has 1 heterocycles. The monoisotopic (exact) mass is 305 g/mol. The maximum atomic E-state index is 12.1. The van der Waals surface area contributed by atoms with Crippen LogP contribution in [0.2, 0.25) is 0 Å². The largest absolute Gasteiger partial charge is 0.298 e. The Labute approximate surface area is 123 Å². The highest BCUT2D eigenvalue weighted by molar-refractivity contribution is 7.14. The van der Waals surface area contributed by atoms with E-state index in [1.807, 2.05) is 0 Å². The number of carbonyl (C=O) groups excluding carboxylic acids is 2. The molecule has 0 atom stereocenters. The fourth-order valence-corrected chi connectivity index (χ4v) is 2.37. The first-order valence-corrected chi connectivity index (χ1v) is 6.79. The number of aryl methyl sites for hydroxylation is 1. The molecule has 108 valence electrons. The van der Waals surface area contributed by atoms with Gasteiger partial charge in [0.1, 0.15) is 5.69 Å². The molecule has 7 nitrogen and oxygen atoms in total. The van der Waals surface area contributed by atoms with Crippen molar-refractivity contribution in [3.63, 3.8) is 0 Å². The smallest absolute Gasteiger partial charge is 0.270 e. The van der Waals surface area contributed by atoms with Crippen LogP contribution in [0.15, 0.2) is 23.6 Å². The Kier molecular flexibility index (Phi) is 4.08. The molecule has 0 unspecified atom stereocenters. The fraction of sp³-hybridized carbons (Fsp3) is 0.154. The lowest BCUT2D eigenvalue weighted by atomic mass is 10.1. The summed E-state index contributed by atoms with van der Waals surface area (Å²) in [7, 11) is 0. The van der Waals surface area contributed by atoms with E-state index in [-0.39, 0.29) is 27.9 Å². The second-order valence-electron chi connectivity index (χ2n) is 4.30. The molecular formula is C13H11N3O4S. The van der Waals surface area contributed by atoms with Crippen LogP contribution in [0, 0.1) is 17.0 Å². The van der Waals surface area contributed by atoms with Crippen molar-refractivity contribution in [2.24, 2.45) is 0 Å². The van der Waals surface area contributed by atoms with Crippen molar-refractivity contribution in [2.75, 3.05) is 5.32 Å². The number of benzene rings is 1. The molecule has 0 saturated carbocycles. The molecule has 21 heavy (non-hydrogen) atoms. The summed E-state index contributed by atoms with van der Waals surface area (Å²) in [5, 5.41) is 15.1. The van der Waals surface area contributed by atoms with E-state index in [0.717, 1.165) is 11.3 Å². The van der Waals surface area contributed by atoms with Gasteiger partial charge in [0.05, 0.1) is 4.92 Å². The van der Waals surface area contributed by atoms with Crippen molar-refractivity contribution in [1.82, 2.24) is 4.98 Å². The first-order chi connectivity index (χ1) is 9.88. The first kappa shape index (κ1) is 14.8. The molecule has 2 rings (SSSR count). The van der Waals surface area contributed by atoms with E-state index >= 15 is 0 Å². The molecular weight excluding hydrogens is 294 g/mol. The number of thiazole rings is 1. The van der Waals surface area contributed by atoms with Gasteiger partial charge in [-0.05, 0) is 12.5 Å². The number of nitro groups is 1. The van der Waals surface area contributed by atoms with Crippen LogP contribution >= 0.6 is 11.3 Å². The third-order valence-corrected chi connectivity index (χ3v) is 3.52. The molecule has 1 aromatic carbocycles. The van der Waals surface area contributed by atoms with Crippen LogP contribution in [0.1, 0.15) is 33.3 Å². The number of hydrogen-bond acceptors (Lipinski definition) is 6. The summed E-state index contributed by atoms with van der Waals surface area (Å²) < 4.78 is 0. The number of nitrogens with one attached hydrogen (secondary N) is 1. The second kappa shape index (κ2) is 5.80. The van der Waals surface area contributed by atoms with Crippen LogP contribution < -0.4 is 5.32 Å². The molecule has 0 saturated heterocycles. The van der Waals surface area contributed by atoms with E-state index in [4.69, 9.17) is 0 Å². The number of amides is 1. The maximum absolute atomic E-state index is 12.1. The lowest BCUT2D eigenvalue weighted by Gasteiger charge is -2.05. The van der Waals surface area contributed by atoms with E-state index in [1.54, 1.807) is 6.92 Å². The lowest BCUT2D eigenvalue weighted by Crippen LogP contribution is -2.13. The number of rotatable bonds is 4. The highest BCUT2D eigenvalue weighted by atomic mass is 32.1. The van der Waals surface area contributed by atoms with Gasteiger partial charge in [-0.25, -0.2) is 4.98 Å². The standard InChI is InChI=1S/C13H11N3O4S/c1-7-3-4-9(16(19)20)5-10(7)12(18)15-13-14-11(6-21-13)8(2)17/h3-6H,1-2H3,(H,14,15,18). The number of hydrogen-bond donors (Lipinski definition) is 1. The zero-order valence-electron chi connectivity index (χ0n) is 11.2. The summed E-state index contributed by atoms with van der Waals surface area (Å²) in [6.45, 7) is 3.06. The first-order valence-electron chi connectivity index (χ1n) is 5.91. The molecule has 0 spiro atoms. The summed E-state index contributed by atoms with van der Waals surface area (Å²) in [6, 6.07) is 4.06. The minimum atomic E-state index is -0.562. The van der Waals surface area contributed by atoms with Crippen molar-refractivity contribution in [3.05, 3.63) is 50.5 Å². The van der Waals surface area contributed by atoms with Gasteiger partial charge in [0.2, 0.25) is 0 Å². The van der Waals surface area contributed by atoms with Gasteiger partial charge in [-0.1, -0.05) is 6.07 Å². The van der Waals surface area contributed by atoms with E-state index in [0.29, 0.717) is 5.56 Å². The molecule has 0 fully saturated rings. The normalized spacial score (nSPS) is 10.2. The predicted octanol–water partition coefficient (Wildman–Crippen LogP) is 2.81. The molecule has 1 aromatic heterocycles. The second-order valence-corrected chi connectivity index (χ2v) is 5.16. The number of nitrogens with zero attached hydrogens (tertiary/aromatic N) is 2. The van der Waals surface area contributed by atoms with Crippen molar-refractivity contribution >= 4 is 33.8 Å². The van der Waals surface area contributed by atoms with Gasteiger partial charge < -0.3 is 0 Å². The number of aromatic nitrogens is 1. The van der Waals surface area contributed by atoms with Crippen molar-refractivity contribution < 1.29 is 14.5 Å². The van der Waals surface area contributed by atoms with Crippen molar-refractivity contribution in [1.29, 1.82) is 0 Å². The highest BCUT2D eigenvalue weighted by Gasteiger charge is 2.16. The minimum absolute atomic E-state index is 0.158. The van der Waals surface area contributed by atoms with Crippen LogP contribution in [0.3, 0.4) is 0 Å². The molecule has 1 amide bonds.